The number of nitrogens with one attached hydrogen (secondary N) is 1. The van der Waals surface area contributed by atoms with Gasteiger partial charge in [-0.25, -0.2) is 19.3 Å². The van der Waals surface area contributed by atoms with Gasteiger partial charge in [0, 0.05) is 12.4 Å². The first-order chi connectivity index (χ1) is 14.5. The molecule has 0 saturated heterocycles. The van der Waals surface area contributed by atoms with E-state index in [2.05, 4.69) is 25.0 Å². The molecule has 3 heterocycles. The van der Waals surface area contributed by atoms with Gasteiger partial charge in [0.2, 0.25) is 5.96 Å². The Morgan fingerprint density at radius 2 is 2.19 bits per heavy atom. The highest BCUT2D eigenvalue weighted by molar-refractivity contribution is 8.23. The number of hydrogen-bond donors (Lipinski definition) is 4. The van der Waals surface area contributed by atoms with Crippen LogP contribution in [0.1, 0.15) is 35.8 Å². The van der Waals surface area contributed by atoms with Crippen molar-refractivity contribution in [2.75, 3.05) is 12.4 Å². The third-order valence-electron chi connectivity index (χ3n) is 4.82. The summed E-state index contributed by atoms with van der Waals surface area (Å²) in [6.45, 7) is 0.534. The first-order valence-corrected chi connectivity index (χ1v) is 11.5. The fourth-order valence-electron chi connectivity index (χ4n) is 3.25. The number of pyridine rings is 1. The molecular weight excluding hydrogens is 454 g/mol. The summed E-state index contributed by atoms with van der Waals surface area (Å²) < 4.78 is 51.2. The number of amides is 1. The summed E-state index contributed by atoms with van der Waals surface area (Å²) in [4.78, 5) is 25.1. The quantitative estimate of drug-likeness (QED) is 0.497. The lowest BCUT2D eigenvalue weighted by molar-refractivity contribution is -0.0500. The second-order valence-electron chi connectivity index (χ2n) is 6.82. The van der Waals surface area contributed by atoms with E-state index >= 15 is 0 Å². The van der Waals surface area contributed by atoms with E-state index in [-0.39, 0.29) is 23.2 Å². The van der Waals surface area contributed by atoms with Gasteiger partial charge in [-0.15, -0.1) is 22.1 Å². The van der Waals surface area contributed by atoms with Crippen LogP contribution in [0.3, 0.4) is 0 Å². The smallest absolute Gasteiger partial charge is 0.387 e. The zero-order valence-corrected chi connectivity index (χ0v) is 18.5. The molecule has 1 aliphatic heterocycles. The number of aromatic nitrogens is 2. The maximum Gasteiger partial charge on any atom is 0.387 e. The van der Waals surface area contributed by atoms with Gasteiger partial charge in [0.25, 0.3) is 5.91 Å². The van der Waals surface area contributed by atoms with Crippen LogP contribution >= 0.6 is 22.1 Å². The zero-order valence-electron chi connectivity index (χ0n) is 16.8. The van der Waals surface area contributed by atoms with Crippen molar-refractivity contribution in [1.82, 2.24) is 14.3 Å². The number of rotatable bonds is 6. The van der Waals surface area contributed by atoms with E-state index in [0.29, 0.717) is 11.4 Å². The number of nitrogens with zero attached hydrogens (tertiary/aromatic N) is 4. The number of anilines is 1. The molecule has 2 aromatic rings. The Hall–Kier alpha value is -2.55. The molecule has 14 heteroatoms. The number of aliphatic imine (C=N–C) groups is 1. The summed E-state index contributed by atoms with van der Waals surface area (Å²) in [7, 11) is -1.78. The topological polar surface area (TPSA) is 146 Å². The van der Waals surface area contributed by atoms with Crippen LogP contribution in [0.25, 0.3) is 0 Å². The van der Waals surface area contributed by atoms with E-state index in [4.69, 9.17) is 5.73 Å². The predicted molar refractivity (Wildman–Crippen MR) is 115 cm³/mol. The lowest BCUT2D eigenvalue weighted by Crippen LogP contribution is -2.53. The van der Waals surface area contributed by atoms with Crippen LogP contribution in [0.5, 0.6) is 5.75 Å². The number of carbonyl (C=O) groups is 1. The van der Waals surface area contributed by atoms with E-state index in [1.807, 2.05) is 6.92 Å². The van der Waals surface area contributed by atoms with Crippen molar-refractivity contribution in [2.45, 2.75) is 37.7 Å². The van der Waals surface area contributed by atoms with E-state index in [1.165, 1.54) is 34.8 Å². The molecule has 0 saturated carbocycles. The fraction of sp³-hybridized carbons (Fsp3) is 0.412. The summed E-state index contributed by atoms with van der Waals surface area (Å²) >= 11 is 1.18. The van der Waals surface area contributed by atoms with Crippen molar-refractivity contribution < 1.29 is 27.4 Å². The summed E-state index contributed by atoms with van der Waals surface area (Å²) in [5.41, 5.74) is 4.78. The summed E-state index contributed by atoms with van der Waals surface area (Å²) in [5, 5.41) is 3.92. The Labute approximate surface area is 182 Å². The molecule has 2 aromatic heterocycles. The van der Waals surface area contributed by atoms with Crippen molar-refractivity contribution in [3.8, 4) is 5.75 Å². The standard InChI is InChI=1S/C17H22F2N6O4S2/c1-4-11-17(2,24-16(20)25(3)31(11,27)28)14-23-12(8-30-14)22-13(26)10-6-5-9(7-21-10)29-15(18)19/h5-8,11,15,27-28H,4H2,1-3H3,(H2,20,24)(H,22,26)/t11-,17+/m0/s1. The van der Waals surface area contributed by atoms with Gasteiger partial charge in [0.15, 0.2) is 0 Å². The number of carbonyl (C=O) groups excluding carboxylic acids is 1. The molecule has 0 radical (unpaired) electrons. The van der Waals surface area contributed by atoms with Crippen LogP contribution in [-0.4, -0.2) is 54.2 Å². The number of alkyl halides is 2. The summed E-state index contributed by atoms with van der Waals surface area (Å²) in [6.07, 6.45) is 1.42. The van der Waals surface area contributed by atoms with Gasteiger partial charge in [-0.3, -0.25) is 13.9 Å². The molecule has 10 nitrogen and oxygen atoms in total. The highest BCUT2D eigenvalue weighted by Crippen LogP contribution is 2.59. The van der Waals surface area contributed by atoms with Gasteiger partial charge < -0.3 is 15.8 Å². The molecule has 0 aliphatic carbocycles. The lowest BCUT2D eigenvalue weighted by Gasteiger charge is -2.54. The molecule has 3 rings (SSSR count). The minimum absolute atomic E-state index is 0.0236. The van der Waals surface area contributed by atoms with Gasteiger partial charge >= 0.3 is 6.61 Å². The number of ether oxygens (including phenoxy) is 1. The maximum absolute atomic E-state index is 12.4. The molecule has 1 amide bonds. The Balaban J connectivity index is 1.81. The summed E-state index contributed by atoms with van der Waals surface area (Å²) in [5.74, 6) is -0.589. The van der Waals surface area contributed by atoms with Crippen molar-refractivity contribution >= 4 is 39.8 Å². The lowest BCUT2D eigenvalue weighted by atomic mass is 9.97. The van der Waals surface area contributed by atoms with Crippen LogP contribution in [0.2, 0.25) is 0 Å². The molecule has 0 fully saturated rings. The van der Waals surface area contributed by atoms with Crippen molar-refractivity contribution in [2.24, 2.45) is 10.7 Å². The van der Waals surface area contributed by atoms with E-state index in [0.717, 1.165) is 6.20 Å². The van der Waals surface area contributed by atoms with Gasteiger partial charge in [-0.05, 0) is 25.5 Å². The predicted octanol–water partition coefficient (Wildman–Crippen LogP) is 3.31. The third kappa shape index (κ3) is 4.42. The Bertz CT molecular complexity index is 987. The van der Waals surface area contributed by atoms with E-state index < -0.39 is 34.1 Å². The van der Waals surface area contributed by atoms with Crippen LogP contribution in [0.4, 0.5) is 14.6 Å². The number of halogens is 2. The van der Waals surface area contributed by atoms with Crippen molar-refractivity contribution in [3.63, 3.8) is 0 Å². The van der Waals surface area contributed by atoms with E-state index in [1.54, 1.807) is 12.3 Å². The second-order valence-corrected chi connectivity index (χ2v) is 9.92. The Morgan fingerprint density at radius 3 is 2.77 bits per heavy atom. The first kappa shape index (κ1) is 23.1. The van der Waals surface area contributed by atoms with Crippen molar-refractivity contribution in [3.05, 3.63) is 34.4 Å². The van der Waals surface area contributed by atoms with Gasteiger partial charge in [-0.1, -0.05) is 6.92 Å². The molecule has 0 aromatic carbocycles. The molecule has 2 atom stereocenters. The van der Waals surface area contributed by atoms with Crippen LogP contribution in [0.15, 0.2) is 28.7 Å². The average Bonchev–Trinajstić information content (AvgIpc) is 3.16. The second kappa shape index (κ2) is 8.53. The minimum atomic E-state index is -3.25. The van der Waals surface area contributed by atoms with Crippen LogP contribution in [-0.2, 0) is 5.54 Å². The average molecular weight is 477 g/mol. The molecule has 0 spiro atoms. The normalized spacial score (nSPS) is 23.9. The fourth-order valence-corrected chi connectivity index (χ4v) is 6.17. The molecule has 0 bridgehead atoms. The van der Waals surface area contributed by atoms with Crippen LogP contribution in [0, 0.1) is 0 Å². The van der Waals surface area contributed by atoms with Gasteiger partial charge in [-0.2, -0.15) is 8.78 Å². The maximum atomic E-state index is 12.4. The van der Waals surface area contributed by atoms with Crippen molar-refractivity contribution in [1.29, 1.82) is 0 Å². The third-order valence-corrected chi connectivity index (χ3v) is 8.44. The van der Waals surface area contributed by atoms with Gasteiger partial charge in [0.05, 0.1) is 6.20 Å². The highest BCUT2D eigenvalue weighted by Gasteiger charge is 2.50. The molecular formula is C17H22F2N6O4S2. The number of guanidine groups is 1. The van der Waals surface area contributed by atoms with E-state index in [9.17, 15) is 22.7 Å². The highest BCUT2D eigenvalue weighted by atomic mass is 32.3. The largest absolute Gasteiger partial charge is 0.433 e. The molecule has 1 aliphatic rings. The molecule has 5 N–H and O–H groups in total. The number of nitrogens with two attached hydrogens (primary N) is 1. The van der Waals surface area contributed by atoms with Gasteiger partial charge in [0.1, 0.15) is 33.1 Å². The molecule has 170 valence electrons. The van der Waals surface area contributed by atoms with Crippen LogP contribution < -0.4 is 15.8 Å². The number of hydrogen-bond acceptors (Lipinski definition) is 10. The molecule has 31 heavy (non-hydrogen) atoms. The number of thiazole rings is 1. The zero-order chi connectivity index (χ0) is 23.0. The molecule has 0 unspecified atom stereocenters. The Morgan fingerprint density at radius 1 is 1.48 bits per heavy atom. The SMILES string of the molecule is CC[C@H]1[C@](C)(c2nc(NC(=O)c3ccc(OC(F)F)cn3)cs2)N=C(N)N(C)S1(O)O. The first-order valence-electron chi connectivity index (χ1n) is 9.03. The Kier molecular flexibility index (Phi) is 6.36. The minimum Gasteiger partial charge on any atom is -0.433 e. The monoisotopic (exact) mass is 476 g/mol. The summed E-state index contributed by atoms with van der Waals surface area (Å²) in [6, 6.07) is 2.44.